The lowest BCUT2D eigenvalue weighted by atomic mass is 10.1. The maximum absolute atomic E-state index is 12.6. The second-order valence-electron chi connectivity index (χ2n) is 6.31. The highest BCUT2D eigenvalue weighted by Gasteiger charge is 2.15. The van der Waals surface area contributed by atoms with E-state index in [-0.39, 0.29) is 12.3 Å². The number of carbonyl (C=O) groups is 1. The zero-order valence-electron chi connectivity index (χ0n) is 15.9. The molecule has 6 heteroatoms. The van der Waals surface area contributed by atoms with Gasteiger partial charge in [-0.2, -0.15) is 5.26 Å². The molecule has 0 N–H and O–H groups in total. The number of likely N-dealkylation sites (N-methyl/N-ethyl adjacent to an activating group) is 1. The van der Waals surface area contributed by atoms with Crippen molar-refractivity contribution in [2.24, 2.45) is 0 Å². The Hall–Kier alpha value is -3.17. The van der Waals surface area contributed by atoms with Gasteiger partial charge < -0.3 is 9.64 Å². The minimum Gasteiger partial charge on any atom is -0.493 e. The summed E-state index contributed by atoms with van der Waals surface area (Å²) in [5.41, 5.74) is 3.29. The Morgan fingerprint density at radius 2 is 1.96 bits per heavy atom. The molecule has 2 aromatic carbocycles. The zero-order chi connectivity index (χ0) is 19.9. The van der Waals surface area contributed by atoms with Crippen molar-refractivity contribution in [3.8, 4) is 22.4 Å². The fraction of sp³-hybridized carbons (Fsp3) is 0.227. The van der Waals surface area contributed by atoms with Crippen molar-refractivity contribution in [1.29, 1.82) is 5.26 Å². The Morgan fingerprint density at radius 3 is 2.68 bits per heavy atom. The number of para-hydroxylation sites is 1. The molecular weight excluding hydrogens is 370 g/mol. The number of amides is 1. The molecule has 0 bridgehead atoms. The third-order valence-electron chi connectivity index (χ3n) is 4.23. The van der Waals surface area contributed by atoms with Crippen LogP contribution in [0.1, 0.15) is 23.7 Å². The van der Waals surface area contributed by atoms with Gasteiger partial charge in [0, 0.05) is 19.0 Å². The molecule has 0 fully saturated rings. The van der Waals surface area contributed by atoms with E-state index >= 15 is 0 Å². The number of carbonyl (C=O) groups excluding carboxylic acids is 1. The fourth-order valence-electron chi connectivity index (χ4n) is 2.77. The molecule has 0 radical (unpaired) electrons. The summed E-state index contributed by atoms with van der Waals surface area (Å²) in [6.07, 6.45) is 0.250. The van der Waals surface area contributed by atoms with Crippen molar-refractivity contribution in [2.75, 3.05) is 13.7 Å². The summed E-state index contributed by atoms with van der Waals surface area (Å²) >= 11 is 1.51. The molecule has 28 heavy (non-hydrogen) atoms. The third kappa shape index (κ3) is 4.76. The van der Waals surface area contributed by atoms with Crippen LogP contribution in [0.15, 0.2) is 53.9 Å². The van der Waals surface area contributed by atoms with Crippen LogP contribution in [0, 0.1) is 11.3 Å². The summed E-state index contributed by atoms with van der Waals surface area (Å²) in [7, 11) is 1.78. The average Bonchev–Trinajstić information content (AvgIpc) is 3.17. The molecule has 1 aromatic heterocycles. The smallest absolute Gasteiger partial charge is 0.228 e. The van der Waals surface area contributed by atoms with Crippen LogP contribution in [0.25, 0.3) is 10.6 Å². The highest BCUT2D eigenvalue weighted by atomic mass is 32.1. The van der Waals surface area contributed by atoms with Gasteiger partial charge in [0.2, 0.25) is 5.91 Å². The van der Waals surface area contributed by atoms with E-state index in [4.69, 9.17) is 10.00 Å². The first kappa shape index (κ1) is 19.6. The summed E-state index contributed by atoms with van der Waals surface area (Å²) in [5, 5.41) is 11.6. The molecule has 3 rings (SSSR count). The van der Waals surface area contributed by atoms with E-state index < -0.39 is 0 Å². The monoisotopic (exact) mass is 391 g/mol. The molecule has 0 atom stereocenters. The normalized spacial score (nSPS) is 10.3. The standard InChI is InChI=1S/C22H21N3O2S/c1-3-27-20-7-5-4-6-19(20)22-24-18(15-28-22)12-21(26)25(2)14-17-10-8-16(13-23)9-11-17/h4-11,15H,3,12,14H2,1-2H3. The first-order chi connectivity index (χ1) is 13.6. The highest BCUT2D eigenvalue weighted by Crippen LogP contribution is 2.32. The molecule has 0 saturated carbocycles. The van der Waals surface area contributed by atoms with Crippen LogP contribution >= 0.6 is 11.3 Å². The second-order valence-corrected chi connectivity index (χ2v) is 7.17. The largest absolute Gasteiger partial charge is 0.493 e. The fourth-order valence-corrected chi connectivity index (χ4v) is 3.62. The molecule has 0 saturated heterocycles. The number of benzene rings is 2. The van der Waals surface area contributed by atoms with Gasteiger partial charge in [-0.15, -0.1) is 11.3 Å². The number of ether oxygens (including phenoxy) is 1. The van der Waals surface area contributed by atoms with Crippen molar-refractivity contribution < 1.29 is 9.53 Å². The van der Waals surface area contributed by atoms with Gasteiger partial charge in [0.25, 0.3) is 0 Å². The lowest BCUT2D eigenvalue weighted by Gasteiger charge is -2.16. The van der Waals surface area contributed by atoms with Crippen LogP contribution in [0.5, 0.6) is 5.75 Å². The van der Waals surface area contributed by atoms with Gasteiger partial charge in [0.05, 0.1) is 35.9 Å². The van der Waals surface area contributed by atoms with E-state index in [9.17, 15) is 4.79 Å². The van der Waals surface area contributed by atoms with Crippen molar-refractivity contribution in [3.05, 3.63) is 70.7 Å². The number of nitrogens with zero attached hydrogens (tertiary/aromatic N) is 3. The van der Waals surface area contributed by atoms with Crippen molar-refractivity contribution in [1.82, 2.24) is 9.88 Å². The molecule has 0 unspecified atom stereocenters. The molecule has 0 spiro atoms. The van der Waals surface area contributed by atoms with Gasteiger partial charge in [-0.25, -0.2) is 4.98 Å². The zero-order valence-corrected chi connectivity index (χ0v) is 16.7. The molecule has 142 valence electrons. The number of hydrogen-bond donors (Lipinski definition) is 0. The quantitative estimate of drug-likeness (QED) is 0.603. The average molecular weight is 391 g/mol. The van der Waals surface area contributed by atoms with Crippen LogP contribution in [-0.2, 0) is 17.8 Å². The maximum atomic E-state index is 12.6. The maximum Gasteiger partial charge on any atom is 0.228 e. The third-order valence-corrected chi connectivity index (χ3v) is 5.15. The SMILES string of the molecule is CCOc1ccccc1-c1nc(CC(=O)N(C)Cc2ccc(C#N)cc2)cs1. The van der Waals surface area contributed by atoms with Gasteiger partial charge in [0.15, 0.2) is 0 Å². The number of thiazole rings is 1. The molecule has 5 nitrogen and oxygen atoms in total. The first-order valence-corrected chi connectivity index (χ1v) is 9.88. The van der Waals surface area contributed by atoms with Crippen LogP contribution in [0.4, 0.5) is 0 Å². The Labute approximate surface area is 168 Å². The van der Waals surface area contributed by atoms with E-state index in [1.54, 1.807) is 24.1 Å². The van der Waals surface area contributed by atoms with E-state index in [1.807, 2.05) is 48.7 Å². The van der Waals surface area contributed by atoms with Crippen molar-refractivity contribution >= 4 is 17.2 Å². The lowest BCUT2D eigenvalue weighted by molar-refractivity contribution is -0.129. The van der Waals surface area contributed by atoms with Gasteiger partial charge in [-0.1, -0.05) is 24.3 Å². The van der Waals surface area contributed by atoms with E-state index in [0.717, 1.165) is 27.6 Å². The summed E-state index contributed by atoms with van der Waals surface area (Å²) < 4.78 is 5.67. The second kappa shape index (κ2) is 9.16. The van der Waals surface area contributed by atoms with Gasteiger partial charge >= 0.3 is 0 Å². The van der Waals surface area contributed by atoms with Crippen LogP contribution in [-0.4, -0.2) is 29.4 Å². The molecule has 0 aliphatic heterocycles. The molecule has 1 heterocycles. The van der Waals surface area contributed by atoms with E-state index in [2.05, 4.69) is 11.1 Å². The minimum atomic E-state index is -0.000645. The summed E-state index contributed by atoms with van der Waals surface area (Å²) in [6, 6.07) is 17.1. The summed E-state index contributed by atoms with van der Waals surface area (Å²) in [4.78, 5) is 18.9. The minimum absolute atomic E-state index is 0.000645. The number of nitriles is 1. The van der Waals surface area contributed by atoms with Gasteiger partial charge in [0.1, 0.15) is 10.8 Å². The van der Waals surface area contributed by atoms with Crippen LogP contribution < -0.4 is 4.74 Å². The molecule has 0 aliphatic carbocycles. The predicted octanol–water partition coefficient (Wildman–Crippen LogP) is 4.28. The van der Waals surface area contributed by atoms with Gasteiger partial charge in [-0.05, 0) is 36.8 Å². The number of aromatic nitrogens is 1. The Kier molecular flexibility index (Phi) is 6.41. The molecule has 3 aromatic rings. The topological polar surface area (TPSA) is 66.2 Å². The predicted molar refractivity (Wildman–Crippen MR) is 110 cm³/mol. The Balaban J connectivity index is 1.65. The lowest BCUT2D eigenvalue weighted by Crippen LogP contribution is -2.27. The number of rotatable bonds is 7. The molecule has 0 aliphatic rings. The summed E-state index contributed by atoms with van der Waals surface area (Å²) in [6.45, 7) is 3.04. The summed E-state index contributed by atoms with van der Waals surface area (Å²) in [5.74, 6) is 0.800. The van der Waals surface area contributed by atoms with Crippen molar-refractivity contribution in [3.63, 3.8) is 0 Å². The van der Waals surface area contributed by atoms with Crippen molar-refractivity contribution in [2.45, 2.75) is 19.9 Å². The molecule has 1 amide bonds. The molecular formula is C22H21N3O2S. The van der Waals surface area contributed by atoms with Gasteiger partial charge in [-0.3, -0.25) is 4.79 Å². The Bertz CT molecular complexity index is 990. The van der Waals surface area contributed by atoms with E-state index in [0.29, 0.717) is 18.7 Å². The van der Waals surface area contributed by atoms with Crippen LogP contribution in [0.3, 0.4) is 0 Å². The van der Waals surface area contributed by atoms with E-state index in [1.165, 1.54) is 11.3 Å². The highest BCUT2D eigenvalue weighted by molar-refractivity contribution is 7.13. The number of hydrogen-bond acceptors (Lipinski definition) is 5. The van der Waals surface area contributed by atoms with Crippen LogP contribution in [0.2, 0.25) is 0 Å². The first-order valence-electron chi connectivity index (χ1n) is 9.00. The Morgan fingerprint density at radius 1 is 1.21 bits per heavy atom.